The molecule has 1 N–H and O–H groups in total. The van der Waals surface area contributed by atoms with Crippen molar-refractivity contribution in [2.75, 3.05) is 26.3 Å². The molecule has 2 saturated heterocycles. The van der Waals surface area contributed by atoms with Crippen molar-refractivity contribution < 1.29 is 9.13 Å². The molecule has 2 rings (SSSR count). The van der Waals surface area contributed by atoms with Gasteiger partial charge in [-0.05, 0) is 25.9 Å². The van der Waals surface area contributed by atoms with Gasteiger partial charge in [0.25, 0.3) is 0 Å². The average Bonchev–Trinajstić information content (AvgIpc) is 2.12. The van der Waals surface area contributed by atoms with Gasteiger partial charge in [0.05, 0.1) is 6.61 Å². The highest BCUT2D eigenvalue weighted by molar-refractivity contribution is 4.92. The van der Waals surface area contributed by atoms with Gasteiger partial charge in [-0.25, -0.2) is 4.39 Å². The second-order valence-corrected chi connectivity index (χ2v) is 3.92. The van der Waals surface area contributed by atoms with Crippen LogP contribution >= 0.6 is 0 Å². The first-order valence-corrected chi connectivity index (χ1v) is 4.76. The van der Waals surface area contributed by atoms with Crippen molar-refractivity contribution in [2.24, 2.45) is 5.41 Å². The Balaban J connectivity index is 2.04. The molecule has 0 aromatic heterocycles. The van der Waals surface area contributed by atoms with Crippen LogP contribution in [0, 0.1) is 5.41 Å². The van der Waals surface area contributed by atoms with Crippen molar-refractivity contribution in [3.63, 3.8) is 0 Å². The summed E-state index contributed by atoms with van der Waals surface area (Å²) in [7, 11) is 0. The SMILES string of the molecule is FC1CCOCC12CCNCC2. The predicted octanol–water partition coefficient (Wildman–Crippen LogP) is 1.11. The van der Waals surface area contributed by atoms with E-state index >= 15 is 0 Å². The molecule has 0 bridgehead atoms. The van der Waals surface area contributed by atoms with Gasteiger partial charge in [-0.3, -0.25) is 0 Å². The summed E-state index contributed by atoms with van der Waals surface area (Å²) in [5.74, 6) is 0. The van der Waals surface area contributed by atoms with E-state index in [4.69, 9.17) is 4.74 Å². The summed E-state index contributed by atoms with van der Waals surface area (Å²) in [5.41, 5.74) is -0.135. The van der Waals surface area contributed by atoms with Crippen LogP contribution in [0.25, 0.3) is 0 Å². The molecule has 2 aliphatic rings. The molecular formula is C9H16FNO. The summed E-state index contributed by atoms with van der Waals surface area (Å²) in [6, 6.07) is 0. The van der Waals surface area contributed by atoms with Crippen LogP contribution in [0.3, 0.4) is 0 Å². The zero-order valence-corrected chi connectivity index (χ0v) is 7.31. The third kappa shape index (κ3) is 1.36. The molecule has 0 saturated carbocycles. The van der Waals surface area contributed by atoms with E-state index in [2.05, 4.69) is 5.32 Å². The monoisotopic (exact) mass is 173 g/mol. The highest BCUT2D eigenvalue weighted by atomic mass is 19.1. The minimum atomic E-state index is -0.631. The molecule has 1 atom stereocenters. The van der Waals surface area contributed by atoms with E-state index in [0.29, 0.717) is 19.6 Å². The number of ether oxygens (including phenoxy) is 1. The fourth-order valence-electron chi connectivity index (χ4n) is 2.24. The van der Waals surface area contributed by atoms with Crippen molar-refractivity contribution in [1.82, 2.24) is 5.32 Å². The van der Waals surface area contributed by atoms with Crippen molar-refractivity contribution >= 4 is 0 Å². The van der Waals surface area contributed by atoms with Crippen molar-refractivity contribution in [1.29, 1.82) is 0 Å². The summed E-state index contributed by atoms with van der Waals surface area (Å²) < 4.78 is 19.0. The number of hydrogen-bond donors (Lipinski definition) is 1. The quantitative estimate of drug-likeness (QED) is 0.592. The molecule has 70 valence electrons. The molecule has 0 aromatic carbocycles. The van der Waals surface area contributed by atoms with Gasteiger partial charge in [0.15, 0.2) is 0 Å². The maximum Gasteiger partial charge on any atom is 0.110 e. The van der Waals surface area contributed by atoms with Crippen LogP contribution in [0.5, 0.6) is 0 Å². The van der Waals surface area contributed by atoms with Gasteiger partial charge in [-0.2, -0.15) is 0 Å². The first-order chi connectivity index (χ1) is 5.83. The third-order valence-electron chi connectivity index (χ3n) is 3.17. The number of halogens is 1. The highest BCUT2D eigenvalue weighted by Crippen LogP contribution is 2.39. The zero-order valence-electron chi connectivity index (χ0n) is 7.31. The Labute approximate surface area is 72.5 Å². The minimum Gasteiger partial charge on any atom is -0.381 e. The molecule has 3 heteroatoms. The van der Waals surface area contributed by atoms with Crippen LogP contribution in [0.2, 0.25) is 0 Å². The second-order valence-electron chi connectivity index (χ2n) is 3.92. The summed E-state index contributed by atoms with van der Waals surface area (Å²) in [6.07, 6.45) is 1.84. The molecule has 2 nitrogen and oxygen atoms in total. The van der Waals surface area contributed by atoms with E-state index in [-0.39, 0.29) is 5.41 Å². The fourth-order valence-corrected chi connectivity index (χ4v) is 2.24. The molecule has 0 amide bonds. The van der Waals surface area contributed by atoms with Crippen LogP contribution in [0.15, 0.2) is 0 Å². The van der Waals surface area contributed by atoms with E-state index in [1.54, 1.807) is 0 Å². The van der Waals surface area contributed by atoms with Gasteiger partial charge in [0.1, 0.15) is 6.17 Å². The van der Waals surface area contributed by atoms with Gasteiger partial charge in [-0.15, -0.1) is 0 Å². The van der Waals surface area contributed by atoms with Crippen molar-refractivity contribution in [2.45, 2.75) is 25.4 Å². The molecular weight excluding hydrogens is 157 g/mol. The Bertz CT molecular complexity index is 148. The van der Waals surface area contributed by atoms with Gasteiger partial charge >= 0.3 is 0 Å². The zero-order chi connectivity index (χ0) is 8.44. The lowest BCUT2D eigenvalue weighted by Gasteiger charge is -2.42. The van der Waals surface area contributed by atoms with Crippen LogP contribution in [-0.4, -0.2) is 32.5 Å². The molecule has 12 heavy (non-hydrogen) atoms. The normalized spacial score (nSPS) is 35.2. The summed E-state index contributed by atoms with van der Waals surface area (Å²) in [5, 5.41) is 3.25. The first kappa shape index (κ1) is 8.45. The lowest BCUT2D eigenvalue weighted by molar-refractivity contribution is -0.0796. The second kappa shape index (κ2) is 3.30. The number of rotatable bonds is 0. The van der Waals surface area contributed by atoms with Crippen LogP contribution in [0.4, 0.5) is 4.39 Å². The number of hydrogen-bond acceptors (Lipinski definition) is 2. The molecule has 2 heterocycles. The van der Waals surface area contributed by atoms with Gasteiger partial charge in [0.2, 0.25) is 0 Å². The van der Waals surface area contributed by atoms with E-state index in [9.17, 15) is 4.39 Å². The van der Waals surface area contributed by atoms with Gasteiger partial charge in [0, 0.05) is 18.4 Å². The van der Waals surface area contributed by atoms with E-state index in [1.165, 1.54) is 0 Å². The Morgan fingerprint density at radius 3 is 2.75 bits per heavy atom. The van der Waals surface area contributed by atoms with Crippen LogP contribution < -0.4 is 5.32 Å². The van der Waals surface area contributed by atoms with Gasteiger partial charge < -0.3 is 10.1 Å². The Morgan fingerprint density at radius 2 is 2.08 bits per heavy atom. The first-order valence-electron chi connectivity index (χ1n) is 4.76. The smallest absolute Gasteiger partial charge is 0.110 e. The van der Waals surface area contributed by atoms with E-state index in [0.717, 1.165) is 25.9 Å². The molecule has 2 fully saturated rings. The Hall–Kier alpha value is -0.150. The summed E-state index contributed by atoms with van der Waals surface area (Å²) in [6.45, 7) is 3.14. The average molecular weight is 173 g/mol. The van der Waals surface area contributed by atoms with Crippen molar-refractivity contribution in [3.8, 4) is 0 Å². The lowest BCUT2D eigenvalue weighted by atomic mass is 9.73. The highest BCUT2D eigenvalue weighted by Gasteiger charge is 2.42. The minimum absolute atomic E-state index is 0.135. The summed E-state index contributed by atoms with van der Waals surface area (Å²) in [4.78, 5) is 0. The summed E-state index contributed by atoms with van der Waals surface area (Å²) >= 11 is 0. The standard InChI is InChI=1S/C9H16FNO/c10-8-1-6-12-7-9(8)2-4-11-5-3-9/h8,11H,1-7H2. The van der Waals surface area contributed by atoms with Gasteiger partial charge in [-0.1, -0.05) is 0 Å². The molecule has 0 aromatic rings. The Morgan fingerprint density at radius 1 is 1.33 bits per heavy atom. The number of piperidine rings is 1. The fraction of sp³-hybridized carbons (Fsp3) is 1.00. The number of alkyl halides is 1. The van der Waals surface area contributed by atoms with Crippen molar-refractivity contribution in [3.05, 3.63) is 0 Å². The van der Waals surface area contributed by atoms with Crippen LogP contribution in [-0.2, 0) is 4.74 Å². The largest absolute Gasteiger partial charge is 0.381 e. The number of nitrogens with one attached hydrogen (secondary N) is 1. The molecule has 1 spiro atoms. The topological polar surface area (TPSA) is 21.3 Å². The third-order valence-corrected chi connectivity index (χ3v) is 3.17. The Kier molecular flexibility index (Phi) is 2.33. The van der Waals surface area contributed by atoms with E-state index in [1.807, 2.05) is 0 Å². The molecule has 1 unspecified atom stereocenters. The lowest BCUT2D eigenvalue weighted by Crippen LogP contribution is -2.48. The van der Waals surface area contributed by atoms with E-state index < -0.39 is 6.17 Å². The molecule has 0 radical (unpaired) electrons. The van der Waals surface area contributed by atoms with Crippen LogP contribution in [0.1, 0.15) is 19.3 Å². The molecule has 2 aliphatic heterocycles. The maximum atomic E-state index is 13.6. The maximum absolute atomic E-state index is 13.6. The predicted molar refractivity (Wildman–Crippen MR) is 44.9 cm³/mol. The molecule has 0 aliphatic carbocycles.